The highest BCUT2D eigenvalue weighted by Gasteiger charge is 2.31. The first-order valence-corrected chi connectivity index (χ1v) is 5.90. The predicted octanol–water partition coefficient (Wildman–Crippen LogP) is 2.90. The van der Waals surface area contributed by atoms with Crippen LogP contribution in [0.25, 0.3) is 0 Å². The van der Waals surface area contributed by atoms with E-state index in [0.717, 1.165) is 12.8 Å². The lowest BCUT2D eigenvalue weighted by Crippen LogP contribution is -2.11. The minimum Gasteiger partial charge on any atom is -0.465 e. The van der Waals surface area contributed by atoms with Gasteiger partial charge in [0.25, 0.3) is 0 Å². The molecule has 16 heavy (non-hydrogen) atoms. The molecule has 0 amide bonds. The Balaban J connectivity index is 2.52. The average molecular weight is 218 g/mol. The van der Waals surface area contributed by atoms with Crippen LogP contribution in [0.4, 0.5) is 0 Å². The Kier molecular flexibility index (Phi) is 2.99. The molecule has 1 fully saturated rings. The summed E-state index contributed by atoms with van der Waals surface area (Å²) in [4.78, 5) is 11.7. The molecule has 2 heteroatoms. The molecule has 2 nitrogen and oxygen atoms in total. The molecule has 1 aromatic carbocycles. The lowest BCUT2D eigenvalue weighted by Gasteiger charge is -2.17. The molecule has 1 heterocycles. The molecule has 1 unspecified atom stereocenters. The first kappa shape index (κ1) is 11.2. The molecule has 1 aliphatic rings. The first-order valence-electron chi connectivity index (χ1n) is 5.90. The van der Waals surface area contributed by atoms with Crippen LogP contribution >= 0.6 is 0 Å². The van der Waals surface area contributed by atoms with Gasteiger partial charge < -0.3 is 4.74 Å². The van der Waals surface area contributed by atoms with Crippen molar-refractivity contribution >= 4 is 5.97 Å². The van der Waals surface area contributed by atoms with Crippen molar-refractivity contribution in [1.29, 1.82) is 0 Å². The molecule has 0 radical (unpaired) electrons. The van der Waals surface area contributed by atoms with Gasteiger partial charge >= 0.3 is 5.97 Å². The average Bonchev–Trinajstić information content (AvgIpc) is 2.68. The second kappa shape index (κ2) is 4.28. The zero-order chi connectivity index (χ0) is 11.7. The third-order valence-corrected chi connectivity index (χ3v) is 3.54. The smallest absolute Gasteiger partial charge is 0.313 e. The van der Waals surface area contributed by atoms with Gasteiger partial charge in [-0.05, 0) is 48.9 Å². The Labute approximate surface area is 96.6 Å². The third-order valence-electron chi connectivity index (χ3n) is 3.54. The molecule has 86 valence electrons. The quantitative estimate of drug-likeness (QED) is 0.713. The van der Waals surface area contributed by atoms with E-state index in [1.54, 1.807) is 0 Å². The predicted molar refractivity (Wildman–Crippen MR) is 63.6 cm³/mol. The second-order valence-corrected chi connectivity index (χ2v) is 4.44. The fraction of sp³-hybridized carbons (Fsp3) is 0.500. The van der Waals surface area contributed by atoms with E-state index in [2.05, 4.69) is 32.9 Å². The number of ether oxygens (including phenoxy) is 1. The lowest BCUT2D eigenvalue weighted by atomic mass is 9.86. The van der Waals surface area contributed by atoms with E-state index in [4.69, 9.17) is 4.74 Å². The standard InChI is InChI=1S/C14H18O2/c1-4-11-6-5-9(2)10(3)13(11)12-7-8-16-14(12)15/h5-6,12H,4,7-8H2,1-3H3. The number of carbonyl (C=O) groups excluding carboxylic acids is 1. The highest BCUT2D eigenvalue weighted by molar-refractivity contribution is 5.81. The first-order chi connectivity index (χ1) is 7.65. The van der Waals surface area contributed by atoms with Crippen LogP contribution in [0, 0.1) is 13.8 Å². The van der Waals surface area contributed by atoms with Crippen LogP contribution in [0.2, 0.25) is 0 Å². The van der Waals surface area contributed by atoms with Gasteiger partial charge in [0.1, 0.15) is 0 Å². The number of benzene rings is 1. The number of hydrogen-bond donors (Lipinski definition) is 0. The molecule has 1 atom stereocenters. The zero-order valence-corrected chi connectivity index (χ0v) is 10.2. The van der Waals surface area contributed by atoms with E-state index in [1.807, 2.05) is 0 Å². The Morgan fingerprint density at radius 3 is 2.69 bits per heavy atom. The van der Waals surface area contributed by atoms with Gasteiger partial charge in [0.15, 0.2) is 0 Å². The van der Waals surface area contributed by atoms with Crippen LogP contribution in [0.15, 0.2) is 12.1 Å². The van der Waals surface area contributed by atoms with E-state index >= 15 is 0 Å². The highest BCUT2D eigenvalue weighted by Crippen LogP contribution is 2.33. The van der Waals surface area contributed by atoms with Crippen molar-refractivity contribution in [2.24, 2.45) is 0 Å². The Morgan fingerprint density at radius 1 is 1.38 bits per heavy atom. The summed E-state index contributed by atoms with van der Waals surface area (Å²) in [6.45, 7) is 6.90. The Bertz CT molecular complexity index is 421. The maximum Gasteiger partial charge on any atom is 0.313 e. The van der Waals surface area contributed by atoms with Crippen molar-refractivity contribution < 1.29 is 9.53 Å². The SMILES string of the molecule is CCc1ccc(C)c(C)c1C1CCOC1=O. The monoisotopic (exact) mass is 218 g/mol. The van der Waals surface area contributed by atoms with Crippen LogP contribution in [0.5, 0.6) is 0 Å². The minimum absolute atomic E-state index is 0.0325. The maximum absolute atomic E-state index is 11.7. The van der Waals surface area contributed by atoms with Crippen LogP contribution in [-0.4, -0.2) is 12.6 Å². The van der Waals surface area contributed by atoms with Gasteiger partial charge in [-0.15, -0.1) is 0 Å². The van der Waals surface area contributed by atoms with E-state index in [9.17, 15) is 4.79 Å². The second-order valence-electron chi connectivity index (χ2n) is 4.44. The van der Waals surface area contributed by atoms with E-state index in [1.165, 1.54) is 22.3 Å². The third kappa shape index (κ3) is 1.73. The van der Waals surface area contributed by atoms with Crippen LogP contribution in [0.3, 0.4) is 0 Å². The summed E-state index contributed by atoms with van der Waals surface area (Å²) in [7, 11) is 0. The highest BCUT2D eigenvalue weighted by atomic mass is 16.5. The van der Waals surface area contributed by atoms with Gasteiger partial charge in [-0.25, -0.2) is 0 Å². The summed E-state index contributed by atoms with van der Waals surface area (Å²) >= 11 is 0. The van der Waals surface area contributed by atoms with Crippen molar-refractivity contribution in [2.45, 2.75) is 39.5 Å². The van der Waals surface area contributed by atoms with Crippen molar-refractivity contribution in [3.8, 4) is 0 Å². The summed E-state index contributed by atoms with van der Waals surface area (Å²) < 4.78 is 5.08. The molecule has 0 saturated carbocycles. The molecule has 2 rings (SSSR count). The maximum atomic E-state index is 11.7. The van der Waals surface area contributed by atoms with Crippen molar-refractivity contribution in [3.05, 3.63) is 34.4 Å². The van der Waals surface area contributed by atoms with Crippen LogP contribution in [-0.2, 0) is 16.0 Å². The lowest BCUT2D eigenvalue weighted by molar-refractivity contribution is -0.139. The summed E-state index contributed by atoms with van der Waals surface area (Å²) in [5.74, 6) is -0.0850. The number of aryl methyl sites for hydroxylation is 2. The molecular weight excluding hydrogens is 200 g/mol. The van der Waals surface area contributed by atoms with Crippen molar-refractivity contribution in [3.63, 3.8) is 0 Å². The van der Waals surface area contributed by atoms with E-state index < -0.39 is 0 Å². The molecule has 0 aliphatic carbocycles. The number of esters is 1. The van der Waals surface area contributed by atoms with Gasteiger partial charge in [-0.2, -0.15) is 0 Å². The van der Waals surface area contributed by atoms with Gasteiger partial charge in [-0.1, -0.05) is 19.1 Å². The normalized spacial score (nSPS) is 19.9. The molecule has 0 spiro atoms. The Hall–Kier alpha value is -1.31. The summed E-state index contributed by atoms with van der Waals surface area (Å²) in [6.07, 6.45) is 1.80. The fourth-order valence-electron chi connectivity index (χ4n) is 2.45. The molecule has 1 aromatic rings. The van der Waals surface area contributed by atoms with Crippen LogP contribution < -0.4 is 0 Å². The van der Waals surface area contributed by atoms with E-state index in [0.29, 0.717) is 6.61 Å². The molecule has 1 aliphatic heterocycles. The summed E-state index contributed by atoms with van der Waals surface area (Å²) in [5, 5.41) is 0. The van der Waals surface area contributed by atoms with Gasteiger partial charge in [0.2, 0.25) is 0 Å². The number of hydrogen-bond acceptors (Lipinski definition) is 2. The van der Waals surface area contributed by atoms with Gasteiger partial charge in [0.05, 0.1) is 12.5 Å². The molecule has 0 N–H and O–H groups in total. The topological polar surface area (TPSA) is 26.3 Å². The fourth-order valence-corrected chi connectivity index (χ4v) is 2.45. The molecular formula is C14H18O2. The zero-order valence-electron chi connectivity index (χ0n) is 10.2. The van der Waals surface area contributed by atoms with Gasteiger partial charge in [-0.3, -0.25) is 4.79 Å². The number of cyclic esters (lactones) is 1. The molecule has 0 aromatic heterocycles. The summed E-state index contributed by atoms with van der Waals surface area (Å²) in [5.41, 5.74) is 5.01. The van der Waals surface area contributed by atoms with Crippen molar-refractivity contribution in [1.82, 2.24) is 0 Å². The molecule has 1 saturated heterocycles. The van der Waals surface area contributed by atoms with E-state index in [-0.39, 0.29) is 11.9 Å². The summed E-state index contributed by atoms with van der Waals surface area (Å²) in [6, 6.07) is 4.28. The Morgan fingerprint density at radius 2 is 2.12 bits per heavy atom. The van der Waals surface area contributed by atoms with Gasteiger partial charge in [0, 0.05) is 0 Å². The van der Waals surface area contributed by atoms with Crippen molar-refractivity contribution in [2.75, 3.05) is 6.61 Å². The largest absolute Gasteiger partial charge is 0.465 e. The minimum atomic E-state index is -0.0524. The number of carbonyl (C=O) groups is 1. The number of rotatable bonds is 2. The van der Waals surface area contributed by atoms with Crippen LogP contribution in [0.1, 0.15) is 41.5 Å². The molecule has 0 bridgehead atoms.